The zero-order chi connectivity index (χ0) is 12.3. The molecular weight excluding hydrogens is 210 g/mol. The second-order valence-corrected chi connectivity index (χ2v) is 5.13. The third kappa shape index (κ3) is 3.89. The topological polar surface area (TPSA) is 20.2 Å². The molecule has 3 heteroatoms. The van der Waals surface area contributed by atoms with Gasteiger partial charge in [0, 0.05) is 6.07 Å². The fourth-order valence-corrected chi connectivity index (χ4v) is 2.05. The number of aliphatic hydroxyl groups excluding tert-OH is 1. The summed E-state index contributed by atoms with van der Waals surface area (Å²) in [5.41, 5.74) is 0.291. The first-order valence-corrected chi connectivity index (χ1v) is 5.42. The smallest absolute Gasteiger partial charge is 0.129 e. The minimum Gasteiger partial charge on any atom is -0.393 e. The molecule has 0 fully saturated rings. The monoisotopic (exact) mass is 228 g/mol. The van der Waals surface area contributed by atoms with E-state index >= 15 is 0 Å². The van der Waals surface area contributed by atoms with Crippen LogP contribution >= 0.6 is 0 Å². The van der Waals surface area contributed by atoms with E-state index in [2.05, 4.69) is 0 Å². The van der Waals surface area contributed by atoms with E-state index < -0.39 is 17.7 Å². The van der Waals surface area contributed by atoms with Gasteiger partial charge in [0.2, 0.25) is 0 Å². The van der Waals surface area contributed by atoms with E-state index in [0.29, 0.717) is 18.4 Å². The molecule has 1 aromatic carbocycles. The second kappa shape index (κ2) is 4.91. The molecule has 0 saturated carbocycles. The molecular formula is C13H18F2O. The van der Waals surface area contributed by atoms with Crippen molar-refractivity contribution < 1.29 is 13.9 Å². The van der Waals surface area contributed by atoms with Crippen molar-refractivity contribution in [1.29, 1.82) is 0 Å². The molecule has 0 radical (unpaired) electrons. The summed E-state index contributed by atoms with van der Waals surface area (Å²) in [5.74, 6) is -1.08. The number of aliphatic hydroxyl groups is 1. The summed E-state index contributed by atoms with van der Waals surface area (Å²) in [5, 5.41) is 9.33. The fraction of sp³-hybridized carbons (Fsp3) is 0.538. The lowest BCUT2D eigenvalue weighted by Crippen LogP contribution is -2.21. The summed E-state index contributed by atoms with van der Waals surface area (Å²) in [7, 11) is 0. The van der Waals surface area contributed by atoms with E-state index in [4.69, 9.17) is 0 Å². The summed E-state index contributed by atoms with van der Waals surface area (Å²) in [6, 6.07) is 3.62. The Morgan fingerprint density at radius 3 is 2.44 bits per heavy atom. The average Bonchev–Trinajstić information content (AvgIpc) is 2.07. The summed E-state index contributed by atoms with van der Waals surface area (Å²) in [6.45, 7) is 5.63. The normalized spacial score (nSPS) is 13.9. The zero-order valence-electron chi connectivity index (χ0n) is 9.93. The predicted octanol–water partition coefficient (Wildman–Crippen LogP) is 3.30. The summed E-state index contributed by atoms with van der Waals surface area (Å²) in [4.78, 5) is 0. The quantitative estimate of drug-likeness (QED) is 0.838. The Bertz CT molecular complexity index is 359. The molecule has 0 aliphatic heterocycles. The number of halogens is 2. The lowest BCUT2D eigenvalue weighted by molar-refractivity contribution is 0.129. The van der Waals surface area contributed by atoms with Gasteiger partial charge < -0.3 is 5.11 Å². The Morgan fingerprint density at radius 1 is 1.31 bits per heavy atom. The second-order valence-electron chi connectivity index (χ2n) is 5.13. The molecule has 1 N–H and O–H groups in total. The van der Waals surface area contributed by atoms with E-state index in [0.717, 1.165) is 6.07 Å². The number of hydrogen-bond donors (Lipinski definition) is 1. The molecule has 1 atom stereocenters. The van der Waals surface area contributed by atoms with Crippen molar-refractivity contribution >= 4 is 0 Å². The van der Waals surface area contributed by atoms with Crippen LogP contribution in [-0.2, 0) is 6.42 Å². The maximum Gasteiger partial charge on any atom is 0.129 e. The number of rotatable bonds is 4. The van der Waals surface area contributed by atoms with E-state index in [1.54, 1.807) is 6.92 Å². The van der Waals surface area contributed by atoms with Crippen molar-refractivity contribution in [2.24, 2.45) is 5.41 Å². The highest BCUT2D eigenvalue weighted by atomic mass is 19.1. The van der Waals surface area contributed by atoms with Crippen molar-refractivity contribution in [2.75, 3.05) is 0 Å². The van der Waals surface area contributed by atoms with Crippen molar-refractivity contribution in [3.8, 4) is 0 Å². The Kier molecular flexibility index (Phi) is 4.03. The molecule has 0 amide bonds. The van der Waals surface area contributed by atoms with E-state index in [1.165, 1.54) is 12.1 Å². The van der Waals surface area contributed by atoms with Crippen LogP contribution in [0.4, 0.5) is 8.78 Å². The minimum atomic E-state index is -0.561. The van der Waals surface area contributed by atoms with Crippen molar-refractivity contribution in [3.63, 3.8) is 0 Å². The Hall–Kier alpha value is -0.960. The molecule has 0 aromatic heterocycles. The third-order valence-electron chi connectivity index (χ3n) is 2.53. The van der Waals surface area contributed by atoms with Gasteiger partial charge in [-0.2, -0.15) is 0 Å². The lowest BCUT2D eigenvalue weighted by Gasteiger charge is -2.26. The summed E-state index contributed by atoms with van der Waals surface area (Å²) < 4.78 is 26.1. The van der Waals surface area contributed by atoms with Gasteiger partial charge in [0.25, 0.3) is 0 Å². The molecule has 16 heavy (non-hydrogen) atoms. The average molecular weight is 228 g/mol. The Balaban J connectivity index is 2.79. The molecule has 1 aromatic rings. The van der Waals surface area contributed by atoms with Crippen molar-refractivity contribution in [2.45, 2.75) is 39.7 Å². The zero-order valence-corrected chi connectivity index (χ0v) is 9.93. The highest BCUT2D eigenvalue weighted by Gasteiger charge is 2.22. The molecule has 0 aliphatic carbocycles. The van der Waals surface area contributed by atoms with Crippen LogP contribution in [0.25, 0.3) is 0 Å². The first kappa shape index (κ1) is 13.1. The van der Waals surface area contributed by atoms with Gasteiger partial charge in [-0.3, -0.25) is 0 Å². The molecule has 0 saturated heterocycles. The van der Waals surface area contributed by atoms with Gasteiger partial charge in [0.05, 0.1) is 6.10 Å². The third-order valence-corrected chi connectivity index (χ3v) is 2.53. The maximum atomic E-state index is 13.4. The van der Waals surface area contributed by atoms with Crippen LogP contribution in [0.2, 0.25) is 0 Å². The largest absolute Gasteiger partial charge is 0.393 e. The highest BCUT2D eigenvalue weighted by Crippen LogP contribution is 2.28. The first-order chi connectivity index (χ1) is 7.30. The first-order valence-electron chi connectivity index (χ1n) is 5.42. The van der Waals surface area contributed by atoms with Crippen LogP contribution in [-0.4, -0.2) is 11.2 Å². The molecule has 1 unspecified atom stereocenters. The van der Waals surface area contributed by atoms with Crippen LogP contribution in [0.3, 0.4) is 0 Å². The van der Waals surface area contributed by atoms with Crippen LogP contribution < -0.4 is 0 Å². The van der Waals surface area contributed by atoms with Gasteiger partial charge in [0.15, 0.2) is 0 Å². The van der Waals surface area contributed by atoms with Crippen LogP contribution in [0, 0.1) is 17.0 Å². The van der Waals surface area contributed by atoms with E-state index in [-0.39, 0.29) is 5.41 Å². The van der Waals surface area contributed by atoms with Crippen LogP contribution in [0.1, 0.15) is 32.8 Å². The van der Waals surface area contributed by atoms with Gasteiger partial charge in [0.1, 0.15) is 11.6 Å². The number of hydrogen-bond acceptors (Lipinski definition) is 1. The molecule has 0 heterocycles. The Morgan fingerprint density at radius 2 is 1.94 bits per heavy atom. The van der Waals surface area contributed by atoms with E-state index in [1.807, 2.05) is 13.8 Å². The van der Waals surface area contributed by atoms with Gasteiger partial charge in [-0.15, -0.1) is 0 Å². The predicted molar refractivity (Wildman–Crippen MR) is 60.1 cm³/mol. The van der Waals surface area contributed by atoms with Crippen molar-refractivity contribution in [1.82, 2.24) is 0 Å². The standard InChI is InChI=1S/C13H18F2O/c1-9(16)7-13(2,3)8-10-4-5-11(14)6-12(10)15/h4-6,9,16H,7-8H2,1-3H3. The maximum absolute atomic E-state index is 13.4. The Labute approximate surface area is 95.1 Å². The highest BCUT2D eigenvalue weighted by molar-refractivity contribution is 5.19. The summed E-state index contributed by atoms with van der Waals surface area (Å²) in [6.07, 6.45) is 0.659. The molecule has 90 valence electrons. The summed E-state index contributed by atoms with van der Waals surface area (Å²) >= 11 is 0. The fourth-order valence-electron chi connectivity index (χ4n) is 2.05. The van der Waals surface area contributed by atoms with Gasteiger partial charge in [-0.05, 0) is 36.8 Å². The van der Waals surface area contributed by atoms with Crippen molar-refractivity contribution in [3.05, 3.63) is 35.4 Å². The van der Waals surface area contributed by atoms with Gasteiger partial charge in [-0.1, -0.05) is 19.9 Å². The van der Waals surface area contributed by atoms with Gasteiger partial charge >= 0.3 is 0 Å². The molecule has 0 spiro atoms. The molecule has 1 rings (SSSR count). The van der Waals surface area contributed by atoms with Crippen LogP contribution in [0.5, 0.6) is 0 Å². The molecule has 0 aliphatic rings. The van der Waals surface area contributed by atoms with Crippen LogP contribution in [0.15, 0.2) is 18.2 Å². The number of benzene rings is 1. The SMILES string of the molecule is CC(O)CC(C)(C)Cc1ccc(F)cc1F. The minimum absolute atomic E-state index is 0.202. The van der Waals surface area contributed by atoms with E-state index in [9.17, 15) is 13.9 Å². The van der Waals surface area contributed by atoms with Gasteiger partial charge in [-0.25, -0.2) is 8.78 Å². The molecule has 0 bridgehead atoms. The molecule has 1 nitrogen and oxygen atoms in total. The lowest BCUT2D eigenvalue weighted by atomic mass is 9.81.